The van der Waals surface area contributed by atoms with Gasteiger partial charge < -0.3 is 37.2 Å². The molecule has 0 fully saturated rings. The van der Waals surface area contributed by atoms with Gasteiger partial charge in [-0.15, -0.1) is 0 Å². The molecule has 0 bridgehead atoms. The highest BCUT2D eigenvalue weighted by Gasteiger charge is 2.32. The number of hydrogen-bond acceptors (Lipinski definition) is 7. The van der Waals surface area contributed by atoms with Gasteiger partial charge in [0.1, 0.15) is 29.9 Å². The number of phenols is 1. The number of aromatic hydroxyl groups is 1. The first kappa shape index (κ1) is 36.8. The Morgan fingerprint density at radius 2 is 0.800 bits per heavy atom. The first-order valence-electron chi connectivity index (χ1n) is 16.1. The van der Waals surface area contributed by atoms with Crippen molar-refractivity contribution in [2.24, 2.45) is 5.73 Å². The molecule has 0 aliphatic rings. The predicted octanol–water partition coefficient (Wildman–Crippen LogP) is 1.65. The summed E-state index contributed by atoms with van der Waals surface area (Å²) in [5.41, 5.74) is 8.27. The van der Waals surface area contributed by atoms with Gasteiger partial charge in [-0.05, 0) is 34.4 Å². The molecule has 0 heterocycles. The van der Waals surface area contributed by atoms with Gasteiger partial charge in [0.15, 0.2) is 0 Å². The van der Waals surface area contributed by atoms with Crippen molar-refractivity contribution in [2.75, 3.05) is 6.54 Å². The van der Waals surface area contributed by atoms with E-state index in [2.05, 4.69) is 21.3 Å². The van der Waals surface area contributed by atoms with Crippen LogP contribution in [0.4, 0.5) is 0 Å². The first-order chi connectivity index (χ1) is 24.1. The number of rotatable bonds is 17. The zero-order valence-corrected chi connectivity index (χ0v) is 27.3. The minimum absolute atomic E-state index is 0.00860. The van der Waals surface area contributed by atoms with E-state index < -0.39 is 53.8 Å². The van der Waals surface area contributed by atoms with Crippen LogP contribution in [0.15, 0.2) is 115 Å². The first-order valence-corrected chi connectivity index (χ1v) is 16.1. The van der Waals surface area contributed by atoms with Crippen LogP contribution in [0.25, 0.3) is 0 Å². The number of carbonyl (C=O) groups excluding carboxylic acids is 4. The number of hydrogen-bond donors (Lipinski definition) is 7. The van der Waals surface area contributed by atoms with Crippen LogP contribution in [-0.4, -0.2) is 70.5 Å². The van der Waals surface area contributed by atoms with Gasteiger partial charge in [0.05, 0.1) is 6.54 Å². The normalized spacial score (nSPS) is 13.1. The maximum absolute atomic E-state index is 14.0. The van der Waals surface area contributed by atoms with Crippen molar-refractivity contribution in [2.45, 2.75) is 49.9 Å². The molecule has 0 saturated heterocycles. The number of benzene rings is 4. The molecular formula is C38H41N5O7. The molecule has 4 amide bonds. The molecule has 4 aromatic carbocycles. The van der Waals surface area contributed by atoms with E-state index in [9.17, 15) is 34.2 Å². The lowest BCUT2D eigenvalue weighted by Crippen LogP contribution is -2.59. The van der Waals surface area contributed by atoms with Crippen molar-refractivity contribution in [1.29, 1.82) is 0 Å². The van der Waals surface area contributed by atoms with Crippen LogP contribution < -0.4 is 27.0 Å². The van der Waals surface area contributed by atoms with Gasteiger partial charge in [0, 0.05) is 25.7 Å². The summed E-state index contributed by atoms with van der Waals surface area (Å²) in [5, 5.41) is 30.4. The number of carboxylic acid groups (broad SMARTS) is 1. The monoisotopic (exact) mass is 679 g/mol. The summed E-state index contributed by atoms with van der Waals surface area (Å²) in [6, 6.07) is 28.0. The molecule has 4 atom stereocenters. The Hall–Kier alpha value is -6.01. The highest BCUT2D eigenvalue weighted by atomic mass is 16.4. The van der Waals surface area contributed by atoms with Crippen LogP contribution in [0.3, 0.4) is 0 Å². The molecule has 50 heavy (non-hydrogen) atoms. The van der Waals surface area contributed by atoms with Gasteiger partial charge in [-0.2, -0.15) is 0 Å². The minimum atomic E-state index is -1.28. The SMILES string of the molecule is NCC(=O)N[C@H](Cc1ccccc1)C(=O)N[C@H](Cc1ccc(O)cc1)C(=O)N[C@H](Cc1ccccc1)C(=O)N[C@H](Cc1ccccc1)C(=O)O. The summed E-state index contributed by atoms with van der Waals surface area (Å²) in [6.45, 7) is -0.353. The molecule has 12 heteroatoms. The molecular weight excluding hydrogens is 638 g/mol. The smallest absolute Gasteiger partial charge is 0.326 e. The number of carboxylic acids is 1. The Bertz CT molecular complexity index is 1720. The number of phenolic OH excluding ortho intramolecular Hbond substituents is 1. The second-order valence-corrected chi connectivity index (χ2v) is 11.8. The van der Waals surface area contributed by atoms with Crippen molar-refractivity contribution >= 4 is 29.6 Å². The Labute approximate surface area is 290 Å². The Kier molecular flexibility index (Phi) is 13.6. The summed E-state index contributed by atoms with van der Waals surface area (Å²) >= 11 is 0. The third kappa shape index (κ3) is 11.6. The topological polar surface area (TPSA) is 200 Å². The molecule has 0 unspecified atom stereocenters. The maximum Gasteiger partial charge on any atom is 0.326 e. The van der Waals surface area contributed by atoms with Crippen LogP contribution in [0.2, 0.25) is 0 Å². The van der Waals surface area contributed by atoms with Crippen LogP contribution in [0.5, 0.6) is 5.75 Å². The molecule has 0 spiro atoms. The average Bonchev–Trinajstić information content (AvgIpc) is 3.12. The quantitative estimate of drug-likeness (QED) is 0.0874. The van der Waals surface area contributed by atoms with Crippen molar-refractivity contribution in [3.8, 4) is 5.75 Å². The van der Waals surface area contributed by atoms with Gasteiger partial charge in [-0.1, -0.05) is 103 Å². The lowest BCUT2D eigenvalue weighted by atomic mass is 10.0. The van der Waals surface area contributed by atoms with Crippen molar-refractivity contribution < 1.29 is 34.2 Å². The number of aliphatic carboxylic acids is 1. The Morgan fingerprint density at radius 1 is 0.480 bits per heavy atom. The highest BCUT2D eigenvalue weighted by molar-refractivity contribution is 5.95. The molecule has 0 aromatic heterocycles. The van der Waals surface area contributed by atoms with E-state index in [1.807, 2.05) is 6.07 Å². The number of nitrogens with one attached hydrogen (secondary N) is 4. The average molecular weight is 680 g/mol. The molecule has 0 saturated carbocycles. The Balaban J connectivity index is 1.60. The van der Waals surface area contributed by atoms with Crippen molar-refractivity contribution in [3.63, 3.8) is 0 Å². The molecule has 260 valence electrons. The second-order valence-electron chi connectivity index (χ2n) is 11.8. The summed E-state index contributed by atoms with van der Waals surface area (Å²) in [4.78, 5) is 66.0. The van der Waals surface area contributed by atoms with Gasteiger partial charge in [-0.3, -0.25) is 19.2 Å². The molecule has 4 rings (SSSR count). The molecule has 8 N–H and O–H groups in total. The molecule has 4 aromatic rings. The highest BCUT2D eigenvalue weighted by Crippen LogP contribution is 2.13. The largest absolute Gasteiger partial charge is 0.508 e. The van der Waals surface area contributed by atoms with E-state index >= 15 is 0 Å². The van der Waals surface area contributed by atoms with E-state index in [0.29, 0.717) is 16.7 Å². The van der Waals surface area contributed by atoms with Gasteiger partial charge in [-0.25, -0.2) is 4.79 Å². The molecule has 0 aliphatic heterocycles. The van der Waals surface area contributed by atoms with Crippen molar-refractivity contribution in [3.05, 3.63) is 138 Å². The van der Waals surface area contributed by atoms with E-state index in [-0.39, 0.29) is 38.0 Å². The van der Waals surface area contributed by atoms with Gasteiger partial charge in [0.25, 0.3) is 0 Å². The molecule has 12 nitrogen and oxygen atoms in total. The number of nitrogens with two attached hydrogens (primary N) is 1. The fraction of sp³-hybridized carbons (Fsp3) is 0.237. The maximum atomic E-state index is 14.0. The summed E-state index contributed by atoms with van der Waals surface area (Å²) in [7, 11) is 0. The number of amides is 4. The van der Waals surface area contributed by atoms with Crippen molar-refractivity contribution in [1.82, 2.24) is 21.3 Å². The van der Waals surface area contributed by atoms with Crippen LogP contribution >= 0.6 is 0 Å². The number of carbonyl (C=O) groups is 5. The summed E-state index contributed by atoms with van der Waals surface area (Å²) in [6.07, 6.45) is 0.124. The second kappa shape index (κ2) is 18.5. The third-order valence-corrected chi connectivity index (χ3v) is 7.94. The van der Waals surface area contributed by atoms with E-state index in [1.165, 1.54) is 12.1 Å². The lowest BCUT2D eigenvalue weighted by molar-refractivity contribution is -0.142. The predicted molar refractivity (Wildman–Crippen MR) is 187 cm³/mol. The van der Waals surface area contributed by atoms with Gasteiger partial charge in [0.2, 0.25) is 23.6 Å². The van der Waals surface area contributed by atoms with E-state index in [1.54, 1.807) is 97.1 Å². The molecule has 0 radical (unpaired) electrons. The molecule has 0 aliphatic carbocycles. The van der Waals surface area contributed by atoms with Crippen LogP contribution in [0.1, 0.15) is 22.3 Å². The van der Waals surface area contributed by atoms with E-state index in [4.69, 9.17) is 5.73 Å². The van der Waals surface area contributed by atoms with Crippen LogP contribution in [-0.2, 0) is 49.7 Å². The minimum Gasteiger partial charge on any atom is -0.508 e. The third-order valence-electron chi connectivity index (χ3n) is 7.94. The lowest BCUT2D eigenvalue weighted by Gasteiger charge is -2.26. The zero-order chi connectivity index (χ0) is 35.9. The van der Waals surface area contributed by atoms with Gasteiger partial charge >= 0.3 is 5.97 Å². The zero-order valence-electron chi connectivity index (χ0n) is 27.3. The standard InChI is InChI=1S/C38H41N5O7/c39-24-34(45)40-30(20-25-10-4-1-5-11-25)35(46)41-32(22-28-16-18-29(44)19-17-28)36(47)42-31(21-26-12-6-2-7-13-26)37(48)43-33(38(49)50)23-27-14-8-3-9-15-27/h1-19,30-33,44H,20-24,39H2,(H,40,45)(H,41,46)(H,42,47)(H,43,48)(H,49,50)/t30-,31-,32-,33-/m1/s1. The fourth-order valence-corrected chi connectivity index (χ4v) is 5.32. The fourth-order valence-electron chi connectivity index (χ4n) is 5.32. The summed E-state index contributed by atoms with van der Waals surface area (Å²) < 4.78 is 0. The summed E-state index contributed by atoms with van der Waals surface area (Å²) in [5.74, 6) is -3.91. The Morgan fingerprint density at radius 3 is 1.16 bits per heavy atom. The van der Waals surface area contributed by atoms with Crippen LogP contribution in [0, 0.1) is 0 Å². The van der Waals surface area contributed by atoms with E-state index in [0.717, 1.165) is 5.56 Å².